The van der Waals surface area contributed by atoms with Crippen molar-refractivity contribution in [1.82, 2.24) is 5.32 Å². The van der Waals surface area contributed by atoms with Crippen LogP contribution in [0.4, 0.5) is 0 Å². The summed E-state index contributed by atoms with van der Waals surface area (Å²) in [6.45, 7) is 1.46. The normalized spacial score (nSPS) is 11.8. The first-order valence-corrected chi connectivity index (χ1v) is 9.28. The summed E-state index contributed by atoms with van der Waals surface area (Å²) in [4.78, 5) is 24.1. The number of amides is 1. The molecule has 29 heavy (non-hydrogen) atoms. The summed E-state index contributed by atoms with van der Waals surface area (Å²) >= 11 is 0. The lowest BCUT2D eigenvalue weighted by atomic mass is 10.1. The number of methoxy groups -OCH3 is 1. The second-order valence-electron chi connectivity index (χ2n) is 6.51. The summed E-state index contributed by atoms with van der Waals surface area (Å²) in [6, 6.07) is 18.6. The lowest BCUT2D eigenvalue weighted by Gasteiger charge is -2.14. The lowest BCUT2D eigenvalue weighted by molar-refractivity contribution is -0.144. The largest absolute Gasteiger partial charge is 0.497 e. The Morgan fingerprint density at radius 1 is 1.14 bits per heavy atom. The first-order valence-electron chi connectivity index (χ1n) is 9.28. The van der Waals surface area contributed by atoms with Crippen molar-refractivity contribution >= 4 is 18.0 Å². The average Bonchev–Trinajstić information content (AvgIpc) is 2.75. The van der Waals surface area contributed by atoms with Crippen LogP contribution in [0, 0.1) is 11.3 Å². The van der Waals surface area contributed by atoms with Crippen LogP contribution in [0.2, 0.25) is 0 Å². The van der Waals surface area contributed by atoms with Crippen LogP contribution < -0.4 is 10.1 Å². The van der Waals surface area contributed by atoms with E-state index in [0.29, 0.717) is 11.3 Å². The van der Waals surface area contributed by atoms with Crippen LogP contribution in [0.3, 0.4) is 0 Å². The molecule has 6 heteroatoms. The van der Waals surface area contributed by atoms with Gasteiger partial charge in [-0.05, 0) is 49.1 Å². The van der Waals surface area contributed by atoms with Crippen LogP contribution in [0.1, 0.15) is 24.5 Å². The van der Waals surface area contributed by atoms with Crippen molar-refractivity contribution in [3.63, 3.8) is 0 Å². The van der Waals surface area contributed by atoms with Crippen LogP contribution in [0.15, 0.2) is 60.2 Å². The van der Waals surface area contributed by atoms with E-state index in [-0.39, 0.29) is 11.6 Å². The minimum atomic E-state index is -0.838. The third-order valence-electron chi connectivity index (χ3n) is 4.22. The van der Waals surface area contributed by atoms with E-state index in [1.54, 1.807) is 37.4 Å². The molecule has 2 aromatic carbocycles. The third kappa shape index (κ3) is 7.51. The average molecular weight is 392 g/mol. The maximum atomic E-state index is 12.1. The minimum Gasteiger partial charge on any atom is -0.497 e. The number of nitrogens with one attached hydrogen (secondary N) is 1. The van der Waals surface area contributed by atoms with Crippen LogP contribution in [-0.4, -0.2) is 31.6 Å². The molecule has 0 bridgehead atoms. The molecular formula is C23H24N2O4. The van der Waals surface area contributed by atoms with Gasteiger partial charge in [0.15, 0.2) is 6.61 Å². The van der Waals surface area contributed by atoms with Gasteiger partial charge in [0.05, 0.1) is 7.11 Å². The summed E-state index contributed by atoms with van der Waals surface area (Å²) in [5.74, 6) is -0.572. The van der Waals surface area contributed by atoms with E-state index < -0.39 is 18.5 Å². The highest BCUT2D eigenvalue weighted by Crippen LogP contribution is 2.14. The number of benzene rings is 2. The molecule has 0 heterocycles. The summed E-state index contributed by atoms with van der Waals surface area (Å²) < 4.78 is 10.0. The van der Waals surface area contributed by atoms with Crippen molar-refractivity contribution in [1.29, 1.82) is 5.26 Å². The molecule has 0 saturated heterocycles. The maximum Gasteiger partial charge on any atom is 0.349 e. The molecule has 0 aliphatic heterocycles. The van der Waals surface area contributed by atoms with Crippen LogP contribution in [-0.2, 0) is 20.7 Å². The minimum absolute atomic E-state index is 0.0633. The van der Waals surface area contributed by atoms with Gasteiger partial charge in [0.25, 0.3) is 5.91 Å². The van der Waals surface area contributed by atoms with Gasteiger partial charge in [0.1, 0.15) is 17.4 Å². The summed E-state index contributed by atoms with van der Waals surface area (Å²) in [5, 5.41) is 12.0. The van der Waals surface area contributed by atoms with E-state index in [0.717, 1.165) is 12.8 Å². The molecule has 0 aliphatic rings. The van der Waals surface area contributed by atoms with E-state index in [1.807, 2.05) is 37.3 Å². The molecule has 0 unspecified atom stereocenters. The molecule has 1 atom stereocenters. The van der Waals surface area contributed by atoms with Crippen molar-refractivity contribution < 1.29 is 19.1 Å². The fourth-order valence-corrected chi connectivity index (χ4v) is 2.63. The monoisotopic (exact) mass is 392 g/mol. The molecule has 1 amide bonds. The molecular weight excluding hydrogens is 368 g/mol. The molecule has 0 aliphatic carbocycles. The van der Waals surface area contributed by atoms with Crippen molar-refractivity contribution in [2.75, 3.05) is 13.7 Å². The first kappa shape index (κ1) is 21.7. The molecule has 0 radical (unpaired) electrons. The number of aryl methyl sites for hydroxylation is 1. The van der Waals surface area contributed by atoms with E-state index >= 15 is 0 Å². The van der Waals surface area contributed by atoms with Gasteiger partial charge < -0.3 is 14.8 Å². The van der Waals surface area contributed by atoms with Gasteiger partial charge in [-0.3, -0.25) is 4.79 Å². The van der Waals surface area contributed by atoms with Crippen molar-refractivity contribution in [2.24, 2.45) is 0 Å². The molecule has 0 saturated carbocycles. The molecule has 0 spiro atoms. The molecule has 0 fully saturated rings. The molecule has 6 nitrogen and oxygen atoms in total. The van der Waals surface area contributed by atoms with Crippen molar-refractivity contribution in [3.8, 4) is 11.8 Å². The van der Waals surface area contributed by atoms with Gasteiger partial charge in [0.2, 0.25) is 0 Å². The smallest absolute Gasteiger partial charge is 0.349 e. The number of nitrogens with zero attached hydrogens (tertiary/aromatic N) is 1. The Labute approximate surface area is 170 Å². The van der Waals surface area contributed by atoms with Crippen LogP contribution in [0.25, 0.3) is 6.08 Å². The van der Waals surface area contributed by atoms with E-state index in [2.05, 4.69) is 5.32 Å². The number of carbonyl (C=O) groups excluding carboxylic acids is 2. The number of nitriles is 1. The third-order valence-corrected chi connectivity index (χ3v) is 4.22. The SMILES string of the molecule is COc1ccc(/C=C(\C#N)C(=O)OCC(=O)N[C@@H](C)CCc2ccccc2)cc1. The Morgan fingerprint density at radius 2 is 1.83 bits per heavy atom. The second-order valence-corrected chi connectivity index (χ2v) is 6.51. The van der Waals surface area contributed by atoms with E-state index in [1.165, 1.54) is 11.6 Å². The summed E-state index contributed by atoms with van der Waals surface area (Å²) in [7, 11) is 1.55. The number of carbonyl (C=O) groups is 2. The number of rotatable bonds is 9. The standard InChI is InChI=1S/C23H24N2O4/c1-17(8-9-18-6-4-3-5-7-18)25-22(26)16-29-23(27)20(15-24)14-19-10-12-21(28-2)13-11-19/h3-7,10-14,17H,8-9,16H2,1-2H3,(H,25,26)/b20-14+/t17-/m0/s1. The zero-order valence-electron chi connectivity index (χ0n) is 16.6. The maximum absolute atomic E-state index is 12.1. The number of hydrogen-bond acceptors (Lipinski definition) is 5. The topological polar surface area (TPSA) is 88.4 Å². The Kier molecular flexibility index (Phi) is 8.46. The quantitative estimate of drug-likeness (QED) is 0.402. The fraction of sp³-hybridized carbons (Fsp3) is 0.261. The Bertz CT molecular complexity index is 883. The van der Waals surface area contributed by atoms with Crippen LogP contribution in [0.5, 0.6) is 5.75 Å². The number of ether oxygens (including phenoxy) is 2. The zero-order valence-corrected chi connectivity index (χ0v) is 16.6. The highest BCUT2D eigenvalue weighted by molar-refractivity contribution is 5.98. The molecule has 0 aromatic heterocycles. The van der Waals surface area contributed by atoms with Crippen molar-refractivity contribution in [3.05, 3.63) is 71.3 Å². The predicted octanol–water partition coefficient (Wildman–Crippen LogP) is 3.28. The fourth-order valence-electron chi connectivity index (χ4n) is 2.63. The van der Waals surface area contributed by atoms with Gasteiger partial charge in [-0.25, -0.2) is 4.79 Å². The Morgan fingerprint density at radius 3 is 2.45 bits per heavy atom. The first-order chi connectivity index (χ1) is 14.0. The predicted molar refractivity (Wildman–Crippen MR) is 110 cm³/mol. The number of esters is 1. The van der Waals surface area contributed by atoms with Crippen molar-refractivity contribution in [2.45, 2.75) is 25.8 Å². The highest BCUT2D eigenvalue weighted by atomic mass is 16.5. The van der Waals surface area contributed by atoms with Gasteiger partial charge in [-0.1, -0.05) is 42.5 Å². The van der Waals surface area contributed by atoms with Gasteiger partial charge in [-0.15, -0.1) is 0 Å². The molecule has 2 rings (SSSR count). The van der Waals surface area contributed by atoms with Crippen LogP contribution >= 0.6 is 0 Å². The lowest BCUT2D eigenvalue weighted by Crippen LogP contribution is -2.36. The highest BCUT2D eigenvalue weighted by Gasteiger charge is 2.14. The zero-order chi connectivity index (χ0) is 21.1. The summed E-state index contributed by atoms with van der Waals surface area (Å²) in [6.07, 6.45) is 3.01. The molecule has 1 N–H and O–H groups in total. The van der Waals surface area contributed by atoms with Gasteiger partial charge in [0, 0.05) is 6.04 Å². The molecule has 150 valence electrons. The van der Waals surface area contributed by atoms with E-state index in [9.17, 15) is 14.9 Å². The van der Waals surface area contributed by atoms with E-state index in [4.69, 9.17) is 9.47 Å². The summed E-state index contributed by atoms with van der Waals surface area (Å²) in [5.41, 5.74) is 1.67. The van der Waals surface area contributed by atoms with Gasteiger partial charge >= 0.3 is 5.97 Å². The van der Waals surface area contributed by atoms with Gasteiger partial charge in [-0.2, -0.15) is 5.26 Å². The number of hydrogen-bond donors (Lipinski definition) is 1. The Balaban J connectivity index is 1.80. The molecule has 2 aromatic rings. The second kappa shape index (κ2) is 11.3. The Hall–Kier alpha value is -3.59.